The molecular formula is C18H23N3O2. The number of likely N-dealkylation sites (tertiary alicyclic amines) is 1. The van der Waals surface area contributed by atoms with Crippen LogP contribution in [0.2, 0.25) is 0 Å². The Morgan fingerprint density at radius 3 is 2.65 bits per heavy atom. The summed E-state index contributed by atoms with van der Waals surface area (Å²) in [6.07, 6.45) is 4.48. The molecule has 0 aliphatic carbocycles. The molecule has 1 amide bonds. The highest BCUT2D eigenvalue weighted by Gasteiger charge is 2.36. The molecule has 1 saturated heterocycles. The number of aryl methyl sites for hydroxylation is 1. The molecule has 1 aromatic heterocycles. The van der Waals surface area contributed by atoms with Crippen molar-refractivity contribution >= 4 is 5.91 Å². The number of hydrogen-bond donors (Lipinski definition) is 0. The summed E-state index contributed by atoms with van der Waals surface area (Å²) < 4.78 is 7.12. The van der Waals surface area contributed by atoms with Crippen LogP contribution in [0.25, 0.3) is 0 Å². The standard InChI is InChI=1S/C18H23N3O2/c1-13-9-19-20(10-13)12-16-8-18(22)21(14(16)2)11-15-4-6-17(23-3)7-5-15/h4-7,9-10,14,16H,8,11-12H2,1-3H3/t14-,16-/m0/s1. The van der Waals surface area contributed by atoms with Crippen molar-refractivity contribution in [2.45, 2.75) is 39.4 Å². The van der Waals surface area contributed by atoms with Gasteiger partial charge in [-0.2, -0.15) is 5.10 Å². The van der Waals surface area contributed by atoms with E-state index in [1.54, 1.807) is 7.11 Å². The highest BCUT2D eigenvalue weighted by Crippen LogP contribution is 2.28. The molecule has 0 bridgehead atoms. The van der Waals surface area contributed by atoms with Gasteiger partial charge < -0.3 is 9.64 Å². The predicted octanol–water partition coefficient (Wildman–Crippen LogP) is 2.64. The Kier molecular flexibility index (Phi) is 4.37. The molecule has 23 heavy (non-hydrogen) atoms. The first-order chi connectivity index (χ1) is 11.1. The number of methoxy groups -OCH3 is 1. The van der Waals surface area contributed by atoms with Crippen LogP contribution in [0, 0.1) is 12.8 Å². The number of rotatable bonds is 5. The molecule has 0 N–H and O–H groups in total. The Labute approximate surface area is 136 Å². The van der Waals surface area contributed by atoms with E-state index in [2.05, 4.69) is 12.0 Å². The van der Waals surface area contributed by atoms with Crippen LogP contribution in [0.1, 0.15) is 24.5 Å². The zero-order valence-electron chi connectivity index (χ0n) is 13.9. The first-order valence-corrected chi connectivity index (χ1v) is 7.98. The topological polar surface area (TPSA) is 47.4 Å². The first kappa shape index (κ1) is 15.6. The molecule has 5 nitrogen and oxygen atoms in total. The average molecular weight is 313 g/mol. The number of nitrogens with zero attached hydrogens (tertiary/aromatic N) is 3. The molecule has 2 aromatic rings. The number of hydrogen-bond acceptors (Lipinski definition) is 3. The molecule has 1 aromatic carbocycles. The number of ether oxygens (including phenoxy) is 1. The second kappa shape index (κ2) is 6.44. The second-order valence-electron chi connectivity index (χ2n) is 6.31. The van der Waals surface area contributed by atoms with Gasteiger partial charge >= 0.3 is 0 Å². The Bertz CT molecular complexity index is 678. The molecule has 0 spiro atoms. The number of benzene rings is 1. The third-order valence-corrected chi connectivity index (χ3v) is 4.63. The number of carbonyl (C=O) groups is 1. The van der Waals surface area contributed by atoms with Gasteiger partial charge in [-0.25, -0.2) is 0 Å². The number of carbonyl (C=O) groups excluding carboxylic acids is 1. The molecule has 1 aliphatic rings. The van der Waals surface area contributed by atoms with Crippen LogP contribution < -0.4 is 4.74 Å². The van der Waals surface area contributed by atoms with E-state index >= 15 is 0 Å². The lowest BCUT2D eigenvalue weighted by atomic mass is 10.0. The van der Waals surface area contributed by atoms with Crippen molar-refractivity contribution < 1.29 is 9.53 Å². The van der Waals surface area contributed by atoms with E-state index in [1.165, 1.54) is 0 Å². The Hall–Kier alpha value is -2.30. The van der Waals surface area contributed by atoms with Gasteiger partial charge in [-0.3, -0.25) is 9.48 Å². The minimum Gasteiger partial charge on any atom is -0.497 e. The molecule has 1 fully saturated rings. The second-order valence-corrected chi connectivity index (χ2v) is 6.31. The maximum Gasteiger partial charge on any atom is 0.223 e. The van der Waals surface area contributed by atoms with E-state index in [4.69, 9.17) is 4.74 Å². The van der Waals surface area contributed by atoms with Crippen molar-refractivity contribution in [3.05, 3.63) is 47.8 Å². The lowest BCUT2D eigenvalue weighted by Gasteiger charge is -2.25. The fraction of sp³-hybridized carbons (Fsp3) is 0.444. The van der Waals surface area contributed by atoms with Crippen LogP contribution in [0.15, 0.2) is 36.7 Å². The maximum absolute atomic E-state index is 12.4. The van der Waals surface area contributed by atoms with Gasteiger partial charge in [0.05, 0.1) is 13.3 Å². The van der Waals surface area contributed by atoms with Crippen LogP contribution in [0.3, 0.4) is 0 Å². The summed E-state index contributed by atoms with van der Waals surface area (Å²) in [7, 11) is 1.66. The summed E-state index contributed by atoms with van der Waals surface area (Å²) in [6.45, 7) is 5.61. The van der Waals surface area contributed by atoms with Crippen molar-refractivity contribution in [3.8, 4) is 5.75 Å². The Balaban J connectivity index is 1.66. The highest BCUT2D eigenvalue weighted by atomic mass is 16.5. The van der Waals surface area contributed by atoms with Gasteiger partial charge in [-0.1, -0.05) is 12.1 Å². The lowest BCUT2D eigenvalue weighted by molar-refractivity contribution is -0.129. The van der Waals surface area contributed by atoms with E-state index in [-0.39, 0.29) is 11.9 Å². The van der Waals surface area contributed by atoms with Crippen molar-refractivity contribution in [1.82, 2.24) is 14.7 Å². The minimum atomic E-state index is 0.217. The summed E-state index contributed by atoms with van der Waals surface area (Å²) in [5.74, 6) is 1.36. The van der Waals surface area contributed by atoms with Gasteiger partial charge in [-0.15, -0.1) is 0 Å². The molecular weight excluding hydrogens is 290 g/mol. The highest BCUT2D eigenvalue weighted by molar-refractivity contribution is 5.79. The van der Waals surface area contributed by atoms with Gasteiger partial charge in [0, 0.05) is 37.7 Å². The van der Waals surface area contributed by atoms with Crippen molar-refractivity contribution in [1.29, 1.82) is 0 Å². The van der Waals surface area contributed by atoms with E-state index in [0.717, 1.165) is 23.4 Å². The SMILES string of the molecule is COc1ccc(CN2C(=O)C[C@@H](Cn3cc(C)cn3)[C@@H]2C)cc1. The van der Waals surface area contributed by atoms with Crippen LogP contribution in [0.5, 0.6) is 5.75 Å². The quantitative estimate of drug-likeness (QED) is 0.852. The molecule has 1 aliphatic heterocycles. The maximum atomic E-state index is 12.4. The van der Waals surface area contributed by atoms with Gasteiger partial charge in [0.2, 0.25) is 5.91 Å². The minimum absolute atomic E-state index is 0.217. The van der Waals surface area contributed by atoms with E-state index in [1.807, 2.05) is 53.2 Å². The van der Waals surface area contributed by atoms with E-state index < -0.39 is 0 Å². The van der Waals surface area contributed by atoms with Crippen LogP contribution in [-0.4, -0.2) is 33.7 Å². The Morgan fingerprint density at radius 2 is 2.04 bits per heavy atom. The predicted molar refractivity (Wildman–Crippen MR) is 88.1 cm³/mol. The summed E-state index contributed by atoms with van der Waals surface area (Å²) >= 11 is 0. The largest absolute Gasteiger partial charge is 0.497 e. The molecule has 2 heterocycles. The van der Waals surface area contributed by atoms with Gasteiger partial charge in [0.1, 0.15) is 5.75 Å². The molecule has 122 valence electrons. The zero-order valence-corrected chi connectivity index (χ0v) is 13.9. The Morgan fingerprint density at radius 1 is 1.30 bits per heavy atom. The summed E-state index contributed by atoms with van der Waals surface area (Å²) in [4.78, 5) is 14.4. The van der Waals surface area contributed by atoms with Gasteiger partial charge in [0.15, 0.2) is 0 Å². The fourth-order valence-corrected chi connectivity index (χ4v) is 3.18. The molecule has 0 unspecified atom stereocenters. The van der Waals surface area contributed by atoms with Crippen molar-refractivity contribution in [2.75, 3.05) is 7.11 Å². The third-order valence-electron chi connectivity index (χ3n) is 4.63. The first-order valence-electron chi connectivity index (χ1n) is 7.98. The molecule has 0 radical (unpaired) electrons. The third kappa shape index (κ3) is 3.38. The zero-order chi connectivity index (χ0) is 16.4. The fourth-order valence-electron chi connectivity index (χ4n) is 3.18. The van der Waals surface area contributed by atoms with E-state index in [9.17, 15) is 4.79 Å². The van der Waals surface area contributed by atoms with Crippen LogP contribution >= 0.6 is 0 Å². The molecule has 3 rings (SSSR count). The lowest BCUT2D eigenvalue weighted by Crippen LogP contribution is -2.33. The van der Waals surface area contributed by atoms with E-state index in [0.29, 0.717) is 18.9 Å². The van der Waals surface area contributed by atoms with Gasteiger partial charge in [-0.05, 0) is 37.1 Å². The van der Waals surface area contributed by atoms with Crippen LogP contribution in [-0.2, 0) is 17.9 Å². The summed E-state index contributed by atoms with van der Waals surface area (Å²) in [5, 5.41) is 4.34. The number of amides is 1. The summed E-state index contributed by atoms with van der Waals surface area (Å²) in [5.41, 5.74) is 2.28. The monoisotopic (exact) mass is 313 g/mol. The number of aromatic nitrogens is 2. The van der Waals surface area contributed by atoms with Crippen molar-refractivity contribution in [3.63, 3.8) is 0 Å². The van der Waals surface area contributed by atoms with Crippen LogP contribution in [0.4, 0.5) is 0 Å². The average Bonchev–Trinajstić information content (AvgIpc) is 3.07. The smallest absolute Gasteiger partial charge is 0.223 e. The molecule has 2 atom stereocenters. The summed E-state index contributed by atoms with van der Waals surface area (Å²) in [6, 6.07) is 8.12. The molecule has 0 saturated carbocycles. The normalized spacial score (nSPS) is 21.0. The molecule has 5 heteroatoms. The van der Waals surface area contributed by atoms with Crippen molar-refractivity contribution in [2.24, 2.45) is 5.92 Å². The van der Waals surface area contributed by atoms with Gasteiger partial charge in [0.25, 0.3) is 0 Å².